The Morgan fingerprint density at radius 3 is 2.50 bits per heavy atom. The number of carbonyl (C=O) groups excluding carboxylic acids is 1. The smallest absolute Gasteiger partial charge is 0.255 e. The second kappa shape index (κ2) is 9.57. The molecule has 0 unspecified atom stereocenters. The van der Waals surface area contributed by atoms with Gasteiger partial charge in [0.1, 0.15) is 5.76 Å². The average molecular weight is 397 g/mol. The Kier molecular flexibility index (Phi) is 6.90. The first-order valence-electron chi connectivity index (χ1n) is 9.17. The number of aliphatic hydroxyl groups is 1. The van der Waals surface area contributed by atoms with Crippen molar-refractivity contribution in [1.82, 2.24) is 10.1 Å². The number of aliphatic hydroxyl groups excluding tert-OH is 1. The van der Waals surface area contributed by atoms with Crippen LogP contribution in [0.3, 0.4) is 0 Å². The highest BCUT2D eigenvalue weighted by molar-refractivity contribution is 7.98. The molecule has 6 heteroatoms. The Labute approximate surface area is 169 Å². The Bertz CT molecular complexity index is 905. The normalized spacial score (nSPS) is 10.8. The molecule has 0 radical (unpaired) electrons. The number of rotatable bonds is 8. The minimum atomic E-state index is -0.0836. The van der Waals surface area contributed by atoms with E-state index >= 15 is 0 Å². The van der Waals surface area contributed by atoms with E-state index in [1.165, 1.54) is 0 Å². The molecule has 0 aliphatic rings. The lowest BCUT2D eigenvalue weighted by Gasteiger charge is -2.23. The third-order valence-electron chi connectivity index (χ3n) is 4.54. The first-order chi connectivity index (χ1) is 13.6. The van der Waals surface area contributed by atoms with Crippen LogP contribution >= 0.6 is 11.8 Å². The van der Waals surface area contributed by atoms with Gasteiger partial charge < -0.3 is 14.5 Å². The number of hydrogen-bond donors (Lipinski definition) is 1. The Morgan fingerprint density at radius 1 is 1.11 bits per heavy atom. The van der Waals surface area contributed by atoms with Gasteiger partial charge in [0.15, 0.2) is 0 Å². The maximum absolute atomic E-state index is 13.2. The van der Waals surface area contributed by atoms with Crippen LogP contribution < -0.4 is 0 Å². The molecular weight excluding hydrogens is 372 g/mol. The van der Waals surface area contributed by atoms with Crippen LogP contribution in [0.4, 0.5) is 0 Å². The molecule has 3 aromatic rings. The van der Waals surface area contributed by atoms with E-state index in [9.17, 15) is 9.90 Å². The summed E-state index contributed by atoms with van der Waals surface area (Å²) in [7, 11) is 0. The largest absolute Gasteiger partial charge is 0.395 e. The van der Waals surface area contributed by atoms with Crippen molar-refractivity contribution in [1.29, 1.82) is 0 Å². The molecule has 0 aliphatic carbocycles. The number of thioether (sulfide) groups is 1. The molecule has 0 aliphatic heterocycles. The van der Waals surface area contributed by atoms with Crippen molar-refractivity contribution < 1.29 is 14.4 Å². The molecule has 0 bridgehead atoms. The van der Waals surface area contributed by atoms with Gasteiger partial charge in [0.2, 0.25) is 0 Å². The van der Waals surface area contributed by atoms with E-state index in [1.807, 2.05) is 68.4 Å². The van der Waals surface area contributed by atoms with E-state index in [4.69, 9.17) is 4.52 Å². The number of amides is 1. The summed E-state index contributed by atoms with van der Waals surface area (Å²) in [6.07, 6.45) is 0. The van der Waals surface area contributed by atoms with Gasteiger partial charge in [-0.1, -0.05) is 47.6 Å². The SMILES string of the molecule is Cc1noc(C)c1CSc1ccccc1C(=O)N(CCO)Cc1ccccc1. The number of hydrogen-bond acceptors (Lipinski definition) is 5. The Hall–Kier alpha value is -2.57. The number of aromatic nitrogens is 1. The van der Waals surface area contributed by atoms with Gasteiger partial charge in [0.25, 0.3) is 5.91 Å². The third kappa shape index (κ3) is 4.82. The van der Waals surface area contributed by atoms with Gasteiger partial charge in [-0.25, -0.2) is 0 Å². The van der Waals surface area contributed by atoms with Crippen molar-refractivity contribution in [2.45, 2.75) is 31.0 Å². The van der Waals surface area contributed by atoms with E-state index in [0.29, 0.717) is 17.9 Å². The van der Waals surface area contributed by atoms with Crippen LogP contribution in [0.1, 0.15) is 32.9 Å². The lowest BCUT2D eigenvalue weighted by Crippen LogP contribution is -2.33. The molecule has 3 rings (SSSR count). The number of carbonyl (C=O) groups is 1. The molecule has 5 nitrogen and oxygen atoms in total. The molecular formula is C22H24N2O3S. The van der Waals surface area contributed by atoms with Crippen LogP contribution in [-0.4, -0.2) is 34.2 Å². The standard InChI is InChI=1S/C22H24N2O3S/c1-16-20(17(2)27-23-16)15-28-21-11-7-6-10-19(21)22(26)24(12-13-25)14-18-8-4-3-5-9-18/h3-11,25H,12-15H2,1-2H3. The highest BCUT2D eigenvalue weighted by Gasteiger charge is 2.20. The number of aryl methyl sites for hydroxylation is 2. The van der Waals surface area contributed by atoms with Crippen LogP contribution in [0, 0.1) is 13.8 Å². The van der Waals surface area contributed by atoms with Gasteiger partial charge >= 0.3 is 0 Å². The van der Waals surface area contributed by atoms with Gasteiger partial charge in [-0.05, 0) is 31.5 Å². The minimum Gasteiger partial charge on any atom is -0.395 e. The zero-order valence-corrected chi connectivity index (χ0v) is 16.9. The molecule has 1 amide bonds. The van der Waals surface area contributed by atoms with E-state index in [-0.39, 0.29) is 19.1 Å². The second-order valence-electron chi connectivity index (χ2n) is 6.52. The fourth-order valence-electron chi connectivity index (χ4n) is 2.97. The average Bonchev–Trinajstić information content (AvgIpc) is 3.04. The Morgan fingerprint density at radius 2 is 1.82 bits per heavy atom. The van der Waals surface area contributed by atoms with Crippen LogP contribution in [-0.2, 0) is 12.3 Å². The molecule has 28 heavy (non-hydrogen) atoms. The van der Waals surface area contributed by atoms with Crippen LogP contribution in [0.15, 0.2) is 64.0 Å². The summed E-state index contributed by atoms with van der Waals surface area (Å²) in [5.74, 6) is 1.41. The van der Waals surface area contributed by atoms with Gasteiger partial charge in [-0.2, -0.15) is 0 Å². The molecule has 0 atom stereocenters. The quantitative estimate of drug-likeness (QED) is 0.578. The lowest BCUT2D eigenvalue weighted by molar-refractivity contribution is 0.0704. The van der Waals surface area contributed by atoms with Crippen LogP contribution in [0.2, 0.25) is 0 Å². The minimum absolute atomic E-state index is 0.0764. The summed E-state index contributed by atoms with van der Waals surface area (Å²) in [5.41, 5.74) is 3.61. The molecule has 1 N–H and O–H groups in total. The zero-order valence-electron chi connectivity index (χ0n) is 16.1. The molecule has 1 heterocycles. The Balaban J connectivity index is 1.80. The zero-order chi connectivity index (χ0) is 19.9. The van der Waals surface area contributed by atoms with Crippen molar-refractivity contribution in [3.63, 3.8) is 0 Å². The fraction of sp³-hybridized carbons (Fsp3) is 0.273. The predicted octanol–water partition coefficient (Wildman–Crippen LogP) is 4.22. The summed E-state index contributed by atoms with van der Waals surface area (Å²) in [6, 6.07) is 17.4. The van der Waals surface area contributed by atoms with E-state index in [1.54, 1.807) is 16.7 Å². The van der Waals surface area contributed by atoms with Crippen molar-refractivity contribution in [2.24, 2.45) is 0 Å². The predicted molar refractivity (Wildman–Crippen MR) is 110 cm³/mol. The van der Waals surface area contributed by atoms with E-state index < -0.39 is 0 Å². The van der Waals surface area contributed by atoms with Gasteiger partial charge in [-0.15, -0.1) is 11.8 Å². The van der Waals surface area contributed by atoms with Crippen molar-refractivity contribution in [3.8, 4) is 0 Å². The van der Waals surface area contributed by atoms with Crippen molar-refractivity contribution >= 4 is 17.7 Å². The molecule has 0 saturated carbocycles. The second-order valence-corrected chi connectivity index (χ2v) is 7.54. The summed E-state index contributed by atoms with van der Waals surface area (Å²) >= 11 is 1.59. The fourth-order valence-corrected chi connectivity index (χ4v) is 4.17. The maximum Gasteiger partial charge on any atom is 0.255 e. The third-order valence-corrected chi connectivity index (χ3v) is 5.64. The highest BCUT2D eigenvalue weighted by atomic mass is 32.2. The molecule has 2 aromatic carbocycles. The summed E-state index contributed by atoms with van der Waals surface area (Å²) in [6.45, 7) is 4.49. The number of benzene rings is 2. The van der Waals surface area contributed by atoms with E-state index in [2.05, 4.69) is 5.16 Å². The monoisotopic (exact) mass is 396 g/mol. The van der Waals surface area contributed by atoms with Crippen molar-refractivity contribution in [3.05, 3.63) is 82.7 Å². The molecule has 146 valence electrons. The lowest BCUT2D eigenvalue weighted by atomic mass is 10.1. The topological polar surface area (TPSA) is 66.6 Å². The van der Waals surface area contributed by atoms with Gasteiger partial charge in [0, 0.05) is 29.3 Å². The maximum atomic E-state index is 13.2. The van der Waals surface area contributed by atoms with E-state index in [0.717, 1.165) is 27.5 Å². The first-order valence-corrected chi connectivity index (χ1v) is 10.2. The number of nitrogens with zero attached hydrogens (tertiary/aromatic N) is 2. The van der Waals surface area contributed by atoms with Crippen LogP contribution in [0.5, 0.6) is 0 Å². The molecule has 1 aromatic heterocycles. The molecule has 0 saturated heterocycles. The van der Waals surface area contributed by atoms with Gasteiger partial charge in [0.05, 0.1) is 17.9 Å². The molecule has 0 spiro atoms. The summed E-state index contributed by atoms with van der Waals surface area (Å²) in [5, 5.41) is 13.4. The van der Waals surface area contributed by atoms with Crippen LogP contribution in [0.25, 0.3) is 0 Å². The highest BCUT2D eigenvalue weighted by Crippen LogP contribution is 2.29. The van der Waals surface area contributed by atoms with Gasteiger partial charge in [-0.3, -0.25) is 4.79 Å². The van der Waals surface area contributed by atoms with Crippen molar-refractivity contribution in [2.75, 3.05) is 13.2 Å². The first kappa shape index (κ1) is 20.2. The summed E-state index contributed by atoms with van der Waals surface area (Å²) < 4.78 is 5.23. The molecule has 0 fully saturated rings. The summed E-state index contributed by atoms with van der Waals surface area (Å²) in [4.78, 5) is 15.8.